The molecule has 1 fully saturated rings. The number of pyridine rings is 1. The number of halogens is 1. The van der Waals surface area contributed by atoms with Crippen molar-refractivity contribution in [2.75, 3.05) is 18.1 Å². The topological polar surface area (TPSA) is 133 Å². The van der Waals surface area contributed by atoms with Crippen molar-refractivity contribution in [2.45, 2.75) is 6.10 Å². The lowest BCUT2D eigenvalue weighted by Crippen LogP contribution is -2.25. The van der Waals surface area contributed by atoms with Gasteiger partial charge in [0.1, 0.15) is 24.2 Å². The van der Waals surface area contributed by atoms with E-state index in [0.29, 0.717) is 28.3 Å². The SMILES string of the molecule is Cn1nnc(-c2ccc(-c3ccc(N4C[C@H](CO[P+](=O)O)OC4=O)cc3F)cn2)n1. The Morgan fingerprint density at radius 2 is 2.20 bits per heavy atom. The molecule has 2 aromatic heterocycles. The maximum absolute atomic E-state index is 14.8. The minimum atomic E-state index is -2.79. The summed E-state index contributed by atoms with van der Waals surface area (Å²) in [6, 6.07) is 7.67. The van der Waals surface area contributed by atoms with Crippen LogP contribution in [0.3, 0.4) is 0 Å². The zero-order valence-corrected chi connectivity index (χ0v) is 16.4. The van der Waals surface area contributed by atoms with Crippen molar-refractivity contribution in [3.05, 3.63) is 42.3 Å². The van der Waals surface area contributed by atoms with Gasteiger partial charge in [-0.1, -0.05) is 6.07 Å². The molecule has 3 heterocycles. The Labute approximate surface area is 170 Å². The van der Waals surface area contributed by atoms with Crippen LogP contribution in [0.5, 0.6) is 0 Å². The van der Waals surface area contributed by atoms with Gasteiger partial charge in [-0.05, 0) is 29.5 Å². The van der Waals surface area contributed by atoms with Gasteiger partial charge in [-0.3, -0.25) is 9.88 Å². The van der Waals surface area contributed by atoms with E-state index in [0.717, 1.165) is 0 Å². The summed E-state index contributed by atoms with van der Waals surface area (Å²) in [7, 11) is -1.15. The van der Waals surface area contributed by atoms with E-state index in [1.165, 1.54) is 28.0 Å². The summed E-state index contributed by atoms with van der Waals surface area (Å²) in [5.74, 6) is -0.192. The van der Waals surface area contributed by atoms with Gasteiger partial charge in [0.2, 0.25) is 5.82 Å². The molecule has 1 aliphatic heterocycles. The van der Waals surface area contributed by atoms with Gasteiger partial charge in [0.15, 0.2) is 0 Å². The molecule has 4 rings (SSSR count). The predicted molar refractivity (Wildman–Crippen MR) is 101 cm³/mol. The molecule has 154 valence electrons. The van der Waals surface area contributed by atoms with Crippen LogP contribution in [0.25, 0.3) is 22.6 Å². The Balaban J connectivity index is 1.51. The molecule has 0 spiro atoms. The average molecular weight is 433 g/mol. The van der Waals surface area contributed by atoms with Gasteiger partial charge in [0.25, 0.3) is 0 Å². The number of amides is 1. The summed E-state index contributed by atoms with van der Waals surface area (Å²) in [5, 5.41) is 11.7. The number of benzene rings is 1. The van der Waals surface area contributed by atoms with Gasteiger partial charge in [0, 0.05) is 21.9 Å². The van der Waals surface area contributed by atoms with E-state index in [9.17, 15) is 13.8 Å². The number of aromatic nitrogens is 5. The van der Waals surface area contributed by atoms with Crippen molar-refractivity contribution >= 4 is 20.0 Å². The van der Waals surface area contributed by atoms with Crippen molar-refractivity contribution in [3.63, 3.8) is 0 Å². The van der Waals surface area contributed by atoms with Crippen LogP contribution in [0, 0.1) is 5.82 Å². The lowest BCUT2D eigenvalue weighted by atomic mass is 10.1. The average Bonchev–Trinajstić information content (AvgIpc) is 3.32. The Kier molecular flexibility index (Phi) is 5.44. The lowest BCUT2D eigenvalue weighted by molar-refractivity contribution is 0.103. The summed E-state index contributed by atoms with van der Waals surface area (Å²) < 4.78 is 35.0. The van der Waals surface area contributed by atoms with Crippen LogP contribution in [0.1, 0.15) is 0 Å². The highest BCUT2D eigenvalue weighted by Crippen LogP contribution is 2.30. The molecule has 1 amide bonds. The van der Waals surface area contributed by atoms with Gasteiger partial charge >= 0.3 is 14.3 Å². The number of cyclic esters (lactones) is 1. The molecule has 2 atom stereocenters. The maximum atomic E-state index is 14.8. The van der Waals surface area contributed by atoms with E-state index in [1.54, 1.807) is 25.2 Å². The Morgan fingerprint density at radius 1 is 1.37 bits per heavy atom. The van der Waals surface area contributed by atoms with Crippen molar-refractivity contribution in [1.82, 2.24) is 25.2 Å². The molecule has 0 radical (unpaired) electrons. The number of carbonyl (C=O) groups is 1. The molecule has 0 saturated carbocycles. The third-order valence-corrected chi connectivity index (χ3v) is 4.69. The summed E-state index contributed by atoms with van der Waals surface area (Å²) in [6.07, 6.45) is 0.0845. The van der Waals surface area contributed by atoms with Gasteiger partial charge in [0.05, 0.1) is 19.3 Å². The standard InChI is InChI=1S/C17H14FN6O5P/c1-23-21-16(20-22-23)15-5-2-10(7-19-15)13-4-3-11(6-14(13)18)24-8-12(29-17(24)25)9-28-30(26)27/h2-7,12H,8-9H2,1H3/p+1/t12-/m1/s1. The number of tetrazole rings is 1. The highest BCUT2D eigenvalue weighted by Gasteiger charge is 2.35. The third kappa shape index (κ3) is 4.15. The highest BCUT2D eigenvalue weighted by molar-refractivity contribution is 7.32. The summed E-state index contributed by atoms with van der Waals surface area (Å²) >= 11 is 0. The normalized spacial score (nSPS) is 16.6. The fourth-order valence-electron chi connectivity index (χ4n) is 2.94. The maximum Gasteiger partial charge on any atom is 0.694 e. The first-order valence-corrected chi connectivity index (χ1v) is 9.81. The first kappa shape index (κ1) is 20.0. The number of hydrogen-bond acceptors (Lipinski definition) is 8. The molecule has 0 aliphatic carbocycles. The minimum Gasteiger partial charge on any atom is -0.441 e. The van der Waals surface area contributed by atoms with E-state index in [-0.39, 0.29) is 13.2 Å². The number of carbonyl (C=O) groups excluding carboxylic acids is 1. The predicted octanol–water partition coefficient (Wildman–Crippen LogP) is 2.07. The molecule has 1 aliphatic rings. The van der Waals surface area contributed by atoms with Crippen LogP contribution < -0.4 is 4.90 Å². The molecule has 0 bridgehead atoms. The van der Waals surface area contributed by atoms with Gasteiger partial charge < -0.3 is 4.74 Å². The molecular weight excluding hydrogens is 418 g/mol. The van der Waals surface area contributed by atoms with E-state index in [4.69, 9.17) is 9.63 Å². The second-order valence-electron chi connectivity index (χ2n) is 6.35. The zero-order chi connectivity index (χ0) is 21.3. The molecule has 3 aromatic rings. The van der Waals surface area contributed by atoms with Gasteiger partial charge in [-0.15, -0.1) is 19.6 Å². The van der Waals surface area contributed by atoms with E-state index in [2.05, 4.69) is 24.9 Å². The summed E-state index contributed by atoms with van der Waals surface area (Å²) in [4.78, 5) is 27.5. The van der Waals surface area contributed by atoms with Crippen LogP contribution in [0.4, 0.5) is 14.9 Å². The van der Waals surface area contributed by atoms with Crippen molar-refractivity contribution in [1.29, 1.82) is 0 Å². The molecular formula is C17H15FN6O5P+. The lowest BCUT2D eigenvalue weighted by Gasteiger charge is -2.14. The van der Waals surface area contributed by atoms with Crippen molar-refractivity contribution in [2.24, 2.45) is 7.05 Å². The fraction of sp³-hybridized carbons (Fsp3) is 0.235. The van der Waals surface area contributed by atoms with E-state index >= 15 is 0 Å². The van der Waals surface area contributed by atoms with Crippen LogP contribution in [-0.4, -0.2) is 55.4 Å². The van der Waals surface area contributed by atoms with Gasteiger partial charge in [-0.2, -0.15) is 4.80 Å². The quantitative estimate of drug-likeness (QED) is 0.580. The smallest absolute Gasteiger partial charge is 0.441 e. The number of hydrogen-bond donors (Lipinski definition) is 1. The number of rotatable bonds is 6. The number of aryl methyl sites for hydroxylation is 1. The molecule has 30 heavy (non-hydrogen) atoms. The monoisotopic (exact) mass is 433 g/mol. The largest absolute Gasteiger partial charge is 0.694 e. The molecule has 1 unspecified atom stereocenters. The van der Waals surface area contributed by atoms with E-state index < -0.39 is 26.3 Å². The Hall–Kier alpha value is -3.34. The van der Waals surface area contributed by atoms with Crippen molar-refractivity contribution in [3.8, 4) is 22.6 Å². The molecule has 1 aromatic carbocycles. The Bertz CT molecular complexity index is 1110. The molecule has 11 nitrogen and oxygen atoms in total. The van der Waals surface area contributed by atoms with Crippen LogP contribution in [0.15, 0.2) is 36.5 Å². The fourth-order valence-corrected chi connectivity index (χ4v) is 3.24. The highest BCUT2D eigenvalue weighted by atomic mass is 31.1. The third-order valence-electron chi connectivity index (χ3n) is 4.32. The zero-order valence-electron chi connectivity index (χ0n) is 15.5. The number of ether oxygens (including phenoxy) is 1. The molecule has 1 saturated heterocycles. The molecule has 13 heteroatoms. The molecule has 1 N–H and O–H groups in total. The first-order valence-electron chi connectivity index (χ1n) is 8.68. The first-order chi connectivity index (χ1) is 14.4. The number of nitrogens with zero attached hydrogens (tertiary/aromatic N) is 6. The summed E-state index contributed by atoms with van der Waals surface area (Å²) in [6.45, 7) is -0.157. The van der Waals surface area contributed by atoms with Crippen molar-refractivity contribution < 1.29 is 27.9 Å². The second-order valence-corrected chi connectivity index (χ2v) is 7.08. The van der Waals surface area contributed by atoms with Crippen LogP contribution in [0.2, 0.25) is 0 Å². The van der Waals surface area contributed by atoms with E-state index in [1.807, 2.05) is 0 Å². The minimum absolute atomic E-state index is 0.0716. The van der Waals surface area contributed by atoms with Gasteiger partial charge in [-0.25, -0.2) is 9.18 Å². The second kappa shape index (κ2) is 8.19. The number of anilines is 1. The van der Waals surface area contributed by atoms with Crippen LogP contribution >= 0.6 is 8.25 Å². The Morgan fingerprint density at radius 3 is 2.83 bits per heavy atom. The summed E-state index contributed by atoms with van der Waals surface area (Å²) in [5.41, 5.74) is 1.63. The van der Waals surface area contributed by atoms with Crippen LogP contribution in [-0.2, 0) is 20.9 Å².